The lowest BCUT2D eigenvalue weighted by Crippen LogP contribution is -2.30. The molecule has 0 aliphatic heterocycles. The number of pyridine rings is 1. The Labute approximate surface area is 127 Å². The highest BCUT2D eigenvalue weighted by molar-refractivity contribution is 6.19. The summed E-state index contributed by atoms with van der Waals surface area (Å²) in [6.45, 7) is 4.19. The summed E-state index contributed by atoms with van der Waals surface area (Å²) in [4.78, 5) is 20.5. The largest absolute Gasteiger partial charge is 0.342 e. The summed E-state index contributed by atoms with van der Waals surface area (Å²) in [7, 11) is 0. The fourth-order valence-corrected chi connectivity index (χ4v) is 3.33. The van der Waals surface area contributed by atoms with Crippen molar-refractivity contribution >= 4 is 16.8 Å². The topological polar surface area (TPSA) is 69.5 Å². The van der Waals surface area contributed by atoms with Crippen LogP contribution in [0, 0.1) is 11.3 Å². The van der Waals surface area contributed by atoms with E-state index in [4.69, 9.17) is 5.26 Å². The summed E-state index contributed by atoms with van der Waals surface area (Å²) in [6.07, 6.45) is 0. The summed E-state index contributed by atoms with van der Waals surface area (Å²) in [5.41, 5.74) is 3.93. The molecular formula is C18H13N3O. The highest BCUT2D eigenvalue weighted by Gasteiger charge is 2.39. The average molecular weight is 287 g/mol. The number of nitrogens with one attached hydrogen (secondary N) is 1. The van der Waals surface area contributed by atoms with E-state index >= 15 is 0 Å². The molecule has 4 rings (SSSR count). The van der Waals surface area contributed by atoms with E-state index in [1.54, 1.807) is 12.1 Å². The molecule has 3 aromatic rings. The van der Waals surface area contributed by atoms with E-state index in [1.165, 1.54) is 0 Å². The van der Waals surface area contributed by atoms with Gasteiger partial charge in [0.1, 0.15) is 17.4 Å². The van der Waals surface area contributed by atoms with Crippen molar-refractivity contribution in [3.8, 4) is 6.07 Å². The van der Waals surface area contributed by atoms with Crippen molar-refractivity contribution in [1.82, 2.24) is 9.97 Å². The third-order valence-corrected chi connectivity index (χ3v) is 4.47. The van der Waals surface area contributed by atoms with E-state index in [9.17, 15) is 4.79 Å². The molecule has 0 radical (unpaired) electrons. The van der Waals surface area contributed by atoms with Crippen LogP contribution < -0.4 is 0 Å². The minimum absolute atomic E-state index is 0.0164. The summed E-state index contributed by atoms with van der Waals surface area (Å²) in [6, 6.07) is 13.2. The molecule has 0 saturated carbocycles. The van der Waals surface area contributed by atoms with E-state index in [1.807, 2.05) is 30.3 Å². The van der Waals surface area contributed by atoms with Gasteiger partial charge in [0.2, 0.25) is 0 Å². The number of hydrogen-bond donors (Lipinski definition) is 1. The molecule has 1 N–H and O–H groups in total. The highest BCUT2D eigenvalue weighted by atomic mass is 16.1. The monoisotopic (exact) mass is 287 g/mol. The number of hydrogen-bond acceptors (Lipinski definition) is 3. The number of fused-ring (bicyclic) bond motifs is 4. The predicted molar refractivity (Wildman–Crippen MR) is 82.8 cm³/mol. The molecule has 1 aromatic carbocycles. The zero-order chi connectivity index (χ0) is 15.5. The van der Waals surface area contributed by atoms with Crippen molar-refractivity contribution in [2.75, 3.05) is 0 Å². The summed E-state index contributed by atoms with van der Waals surface area (Å²) < 4.78 is 0. The second kappa shape index (κ2) is 4.05. The van der Waals surface area contributed by atoms with Gasteiger partial charge in [-0.2, -0.15) is 5.26 Å². The minimum atomic E-state index is -0.312. The van der Waals surface area contributed by atoms with Crippen molar-refractivity contribution < 1.29 is 4.79 Å². The maximum absolute atomic E-state index is 12.9. The Balaban J connectivity index is 2.11. The number of aromatic amines is 1. The lowest BCUT2D eigenvalue weighted by atomic mass is 9.71. The number of carbonyl (C=O) groups is 1. The predicted octanol–water partition coefficient (Wildman–Crippen LogP) is 3.30. The highest BCUT2D eigenvalue weighted by Crippen LogP contribution is 2.43. The second-order valence-electron chi connectivity index (χ2n) is 6.08. The van der Waals surface area contributed by atoms with Crippen LogP contribution in [0.25, 0.3) is 11.0 Å². The summed E-state index contributed by atoms with van der Waals surface area (Å²) >= 11 is 0. The Morgan fingerprint density at radius 1 is 1.18 bits per heavy atom. The molecule has 0 unspecified atom stereocenters. The number of benzene rings is 1. The van der Waals surface area contributed by atoms with Crippen molar-refractivity contribution in [1.29, 1.82) is 5.26 Å². The van der Waals surface area contributed by atoms with Crippen LogP contribution in [-0.4, -0.2) is 15.8 Å². The molecular weight excluding hydrogens is 274 g/mol. The molecule has 0 bridgehead atoms. The van der Waals surface area contributed by atoms with Crippen molar-refractivity contribution in [2.24, 2.45) is 0 Å². The molecule has 0 saturated heterocycles. The molecule has 22 heavy (non-hydrogen) atoms. The summed E-state index contributed by atoms with van der Waals surface area (Å²) in [5, 5.41) is 9.78. The maximum Gasteiger partial charge on any atom is 0.195 e. The van der Waals surface area contributed by atoms with Crippen LogP contribution in [0.1, 0.15) is 46.7 Å². The van der Waals surface area contributed by atoms with Crippen LogP contribution >= 0.6 is 0 Å². The molecule has 106 valence electrons. The SMILES string of the molecule is CC1(C)c2ccccc2C(=O)c2c1[nH]c1nc(C#N)ccc21. The molecule has 2 heterocycles. The van der Waals surface area contributed by atoms with Gasteiger partial charge in [-0.25, -0.2) is 4.98 Å². The van der Waals surface area contributed by atoms with Gasteiger partial charge in [0.05, 0.1) is 5.56 Å². The number of H-pyrrole nitrogens is 1. The lowest BCUT2D eigenvalue weighted by molar-refractivity contribution is 0.103. The Hall–Kier alpha value is -2.93. The van der Waals surface area contributed by atoms with Gasteiger partial charge in [-0.1, -0.05) is 38.1 Å². The van der Waals surface area contributed by atoms with Gasteiger partial charge in [-0.05, 0) is 17.7 Å². The molecule has 0 spiro atoms. The van der Waals surface area contributed by atoms with Gasteiger partial charge in [0.15, 0.2) is 5.78 Å². The van der Waals surface area contributed by atoms with E-state index in [-0.39, 0.29) is 11.2 Å². The van der Waals surface area contributed by atoms with Gasteiger partial charge in [-0.3, -0.25) is 4.79 Å². The third-order valence-electron chi connectivity index (χ3n) is 4.47. The van der Waals surface area contributed by atoms with Gasteiger partial charge < -0.3 is 4.98 Å². The first-order valence-corrected chi connectivity index (χ1v) is 7.11. The Morgan fingerprint density at radius 3 is 2.73 bits per heavy atom. The summed E-state index contributed by atoms with van der Waals surface area (Å²) in [5.74, 6) is 0.0164. The van der Waals surface area contributed by atoms with E-state index in [2.05, 4.69) is 23.8 Å². The van der Waals surface area contributed by atoms with Gasteiger partial charge in [-0.15, -0.1) is 0 Å². The molecule has 0 atom stereocenters. The lowest BCUT2D eigenvalue weighted by Gasteiger charge is -2.31. The average Bonchev–Trinajstić information content (AvgIpc) is 2.92. The van der Waals surface area contributed by atoms with Crippen molar-refractivity contribution in [3.63, 3.8) is 0 Å². The zero-order valence-electron chi connectivity index (χ0n) is 12.3. The fraction of sp³-hybridized carbons (Fsp3) is 0.167. The molecule has 0 amide bonds. The first kappa shape index (κ1) is 12.8. The number of rotatable bonds is 0. The second-order valence-corrected chi connectivity index (χ2v) is 6.08. The molecule has 1 aliphatic rings. The van der Waals surface area contributed by atoms with Gasteiger partial charge in [0.25, 0.3) is 0 Å². The van der Waals surface area contributed by atoms with Crippen LogP contribution in [0.4, 0.5) is 0 Å². The zero-order valence-corrected chi connectivity index (χ0v) is 12.3. The molecule has 1 aliphatic carbocycles. The Morgan fingerprint density at radius 2 is 1.95 bits per heavy atom. The van der Waals surface area contributed by atoms with Crippen LogP contribution in [0.5, 0.6) is 0 Å². The van der Waals surface area contributed by atoms with Crippen LogP contribution in [-0.2, 0) is 5.41 Å². The minimum Gasteiger partial charge on any atom is -0.342 e. The molecule has 2 aromatic heterocycles. The van der Waals surface area contributed by atoms with Crippen LogP contribution in [0.15, 0.2) is 36.4 Å². The number of carbonyl (C=O) groups excluding carboxylic acids is 1. The van der Waals surface area contributed by atoms with Crippen molar-refractivity contribution in [2.45, 2.75) is 19.3 Å². The number of aromatic nitrogens is 2. The first-order valence-electron chi connectivity index (χ1n) is 7.11. The van der Waals surface area contributed by atoms with Crippen LogP contribution in [0.3, 0.4) is 0 Å². The van der Waals surface area contributed by atoms with Crippen LogP contribution in [0.2, 0.25) is 0 Å². The van der Waals surface area contributed by atoms with Gasteiger partial charge in [0, 0.05) is 22.1 Å². The Kier molecular flexibility index (Phi) is 2.35. The first-order chi connectivity index (χ1) is 10.5. The third kappa shape index (κ3) is 1.45. The number of ketones is 1. The Bertz CT molecular complexity index is 989. The number of nitrogens with zero attached hydrogens (tertiary/aromatic N) is 2. The smallest absolute Gasteiger partial charge is 0.195 e. The standard InChI is InChI=1S/C18H13N3O/c1-18(2)13-6-4-3-5-11(13)15(22)14-12-8-7-10(9-19)20-17(12)21-16(14)18/h3-8H,1-2H3,(H,20,21). The molecule has 0 fully saturated rings. The number of nitriles is 1. The fourth-order valence-electron chi connectivity index (χ4n) is 3.33. The van der Waals surface area contributed by atoms with E-state index in [0.29, 0.717) is 16.9 Å². The van der Waals surface area contributed by atoms with Crippen molar-refractivity contribution in [3.05, 3.63) is 64.5 Å². The quantitative estimate of drug-likeness (QED) is 0.689. The maximum atomic E-state index is 12.9. The van der Waals surface area contributed by atoms with Gasteiger partial charge >= 0.3 is 0 Å². The molecule has 4 heteroatoms. The van der Waals surface area contributed by atoms with E-state index < -0.39 is 0 Å². The van der Waals surface area contributed by atoms with E-state index in [0.717, 1.165) is 22.2 Å². The molecule has 4 nitrogen and oxygen atoms in total. The normalized spacial score (nSPS) is 15.2.